The first-order valence-electron chi connectivity index (χ1n) is 8.62. The lowest BCUT2D eigenvalue weighted by atomic mass is 10.1. The number of ether oxygens (including phenoxy) is 1. The van der Waals surface area contributed by atoms with Gasteiger partial charge in [0.15, 0.2) is 5.01 Å². The first-order valence-corrected chi connectivity index (χ1v) is 9.44. The van der Waals surface area contributed by atoms with Crippen LogP contribution in [0.4, 0.5) is 18.3 Å². The molecule has 28 heavy (non-hydrogen) atoms. The zero-order valence-corrected chi connectivity index (χ0v) is 15.6. The summed E-state index contributed by atoms with van der Waals surface area (Å²) in [4.78, 5) is 6.16. The fraction of sp³-hybridized carbons (Fsp3) is 0.412. The lowest BCUT2D eigenvalue weighted by Gasteiger charge is -2.32. The maximum atomic E-state index is 13.1. The second-order valence-electron chi connectivity index (χ2n) is 6.32. The number of piperidine rings is 1. The lowest BCUT2D eigenvalue weighted by Crippen LogP contribution is -2.38. The van der Waals surface area contributed by atoms with Gasteiger partial charge in [-0.25, -0.2) is 0 Å². The van der Waals surface area contributed by atoms with Crippen molar-refractivity contribution < 1.29 is 22.4 Å². The molecule has 0 aliphatic carbocycles. The van der Waals surface area contributed by atoms with Crippen molar-refractivity contribution in [2.24, 2.45) is 0 Å². The molecule has 3 heterocycles. The Labute approximate surface area is 162 Å². The molecule has 3 aromatic rings. The summed E-state index contributed by atoms with van der Waals surface area (Å²) in [5.74, 6) is 0.714. The molecule has 0 bridgehead atoms. The van der Waals surface area contributed by atoms with Crippen LogP contribution in [0.2, 0.25) is 0 Å². The van der Waals surface area contributed by atoms with Gasteiger partial charge in [-0.3, -0.25) is 0 Å². The van der Waals surface area contributed by atoms with Gasteiger partial charge in [0, 0.05) is 32.9 Å². The number of halogens is 3. The molecule has 4 rings (SSSR count). The topological polar surface area (TPSA) is 77.2 Å². The summed E-state index contributed by atoms with van der Waals surface area (Å²) < 4.78 is 49.9. The van der Waals surface area contributed by atoms with Crippen LogP contribution in [0.5, 0.6) is 5.75 Å². The minimum Gasteiger partial charge on any atom is -0.490 e. The van der Waals surface area contributed by atoms with Gasteiger partial charge in [-0.05, 0) is 12.1 Å². The second-order valence-corrected chi connectivity index (χ2v) is 7.28. The molecule has 7 nitrogen and oxygen atoms in total. The number of anilines is 1. The van der Waals surface area contributed by atoms with Crippen LogP contribution in [-0.4, -0.2) is 39.5 Å². The smallest absolute Gasteiger partial charge is 0.419 e. The molecule has 1 aromatic carbocycles. The number of alkyl halides is 3. The van der Waals surface area contributed by atoms with E-state index in [-0.39, 0.29) is 11.9 Å². The van der Waals surface area contributed by atoms with Crippen molar-refractivity contribution >= 4 is 16.5 Å². The number of rotatable bonds is 4. The van der Waals surface area contributed by atoms with E-state index >= 15 is 0 Å². The molecular weight excluding hydrogens is 395 g/mol. The Morgan fingerprint density at radius 2 is 1.93 bits per heavy atom. The number of benzene rings is 1. The van der Waals surface area contributed by atoms with Crippen LogP contribution in [0.1, 0.15) is 24.3 Å². The second kappa shape index (κ2) is 7.38. The number of hydrogen-bond donors (Lipinski definition) is 0. The van der Waals surface area contributed by atoms with Crippen molar-refractivity contribution in [1.29, 1.82) is 0 Å². The predicted octanol–water partition coefficient (Wildman–Crippen LogP) is 3.96. The summed E-state index contributed by atoms with van der Waals surface area (Å²) >= 11 is 1.35. The number of hydrogen-bond acceptors (Lipinski definition) is 8. The molecule has 0 unspecified atom stereocenters. The Morgan fingerprint density at radius 1 is 1.18 bits per heavy atom. The van der Waals surface area contributed by atoms with Crippen LogP contribution < -0.4 is 9.64 Å². The van der Waals surface area contributed by atoms with Crippen molar-refractivity contribution in [1.82, 2.24) is 20.3 Å². The Morgan fingerprint density at radius 3 is 2.61 bits per heavy atom. The van der Waals surface area contributed by atoms with Crippen molar-refractivity contribution in [3.05, 3.63) is 35.7 Å². The van der Waals surface area contributed by atoms with Crippen LogP contribution in [0, 0.1) is 6.92 Å². The van der Waals surface area contributed by atoms with Crippen molar-refractivity contribution in [3.63, 3.8) is 0 Å². The standard InChI is InChI=1S/C17H16F3N5O2S/c1-10-21-14(24-27-10)15-22-23-16(28-15)25-8-6-11(7-9-25)26-13-5-3-2-4-12(13)17(18,19)20/h2-5,11H,6-9H2,1H3. The van der Waals surface area contributed by atoms with Gasteiger partial charge >= 0.3 is 6.18 Å². The first kappa shape index (κ1) is 18.7. The first-order chi connectivity index (χ1) is 13.4. The van der Waals surface area contributed by atoms with Gasteiger partial charge < -0.3 is 14.2 Å². The Kier molecular flexibility index (Phi) is 4.92. The molecule has 0 atom stereocenters. The largest absolute Gasteiger partial charge is 0.490 e. The van der Waals surface area contributed by atoms with E-state index in [1.54, 1.807) is 13.0 Å². The van der Waals surface area contributed by atoms with Crippen LogP contribution >= 0.6 is 11.3 Å². The summed E-state index contributed by atoms with van der Waals surface area (Å²) in [6, 6.07) is 5.30. The third kappa shape index (κ3) is 3.93. The highest BCUT2D eigenvalue weighted by Gasteiger charge is 2.35. The summed E-state index contributed by atoms with van der Waals surface area (Å²) in [5.41, 5.74) is -0.749. The molecule has 11 heteroatoms. The minimum atomic E-state index is -4.44. The van der Waals surface area contributed by atoms with E-state index in [1.165, 1.54) is 23.5 Å². The third-order valence-electron chi connectivity index (χ3n) is 4.33. The Bertz CT molecular complexity index is 950. The zero-order chi connectivity index (χ0) is 19.7. The highest BCUT2D eigenvalue weighted by atomic mass is 32.1. The summed E-state index contributed by atoms with van der Waals surface area (Å²) in [6.45, 7) is 2.91. The van der Waals surface area contributed by atoms with Gasteiger partial charge in [-0.15, -0.1) is 10.2 Å². The number of aryl methyl sites for hydroxylation is 1. The van der Waals surface area contributed by atoms with Crippen LogP contribution in [-0.2, 0) is 6.18 Å². The molecule has 0 saturated carbocycles. The highest BCUT2D eigenvalue weighted by molar-refractivity contribution is 7.18. The van der Waals surface area contributed by atoms with Gasteiger partial charge in [0.2, 0.25) is 16.8 Å². The number of aromatic nitrogens is 4. The Balaban J connectivity index is 1.39. The van der Waals surface area contributed by atoms with Crippen LogP contribution in [0.15, 0.2) is 28.8 Å². The molecule has 2 aromatic heterocycles. The van der Waals surface area contributed by atoms with Gasteiger partial charge in [0.1, 0.15) is 11.9 Å². The summed E-state index contributed by atoms with van der Waals surface area (Å²) in [5, 5.41) is 13.3. The van der Waals surface area contributed by atoms with E-state index in [9.17, 15) is 13.2 Å². The van der Waals surface area contributed by atoms with Crippen molar-refractivity contribution in [3.8, 4) is 16.6 Å². The Hall–Kier alpha value is -2.69. The molecular formula is C17H16F3N5O2S. The molecule has 1 aliphatic rings. The van der Waals surface area contributed by atoms with Gasteiger partial charge in [-0.1, -0.05) is 28.6 Å². The highest BCUT2D eigenvalue weighted by Crippen LogP contribution is 2.37. The number of para-hydroxylation sites is 1. The molecule has 0 radical (unpaired) electrons. The molecule has 1 fully saturated rings. The zero-order valence-electron chi connectivity index (χ0n) is 14.8. The molecule has 1 saturated heterocycles. The lowest BCUT2D eigenvalue weighted by molar-refractivity contribution is -0.139. The fourth-order valence-corrected chi connectivity index (χ4v) is 3.79. The van der Waals surface area contributed by atoms with Crippen molar-refractivity contribution in [2.45, 2.75) is 32.0 Å². The molecule has 1 aliphatic heterocycles. The van der Waals surface area contributed by atoms with E-state index in [4.69, 9.17) is 9.26 Å². The average Bonchev–Trinajstić information content (AvgIpc) is 3.31. The normalized spacial score (nSPS) is 15.8. The van der Waals surface area contributed by atoms with E-state index in [1.807, 2.05) is 4.90 Å². The molecule has 0 spiro atoms. The van der Waals surface area contributed by atoms with Crippen LogP contribution in [0.25, 0.3) is 10.8 Å². The van der Waals surface area contributed by atoms with Crippen molar-refractivity contribution in [2.75, 3.05) is 18.0 Å². The quantitative estimate of drug-likeness (QED) is 0.643. The molecule has 0 amide bonds. The van der Waals surface area contributed by atoms with Gasteiger partial charge in [0.25, 0.3) is 0 Å². The monoisotopic (exact) mass is 411 g/mol. The van der Waals surface area contributed by atoms with E-state index < -0.39 is 11.7 Å². The predicted molar refractivity (Wildman–Crippen MR) is 95.2 cm³/mol. The summed E-state index contributed by atoms with van der Waals surface area (Å²) in [7, 11) is 0. The summed E-state index contributed by atoms with van der Waals surface area (Å²) in [6.07, 6.45) is -3.55. The third-order valence-corrected chi connectivity index (χ3v) is 5.31. The van der Waals surface area contributed by atoms with E-state index in [2.05, 4.69) is 20.3 Å². The number of nitrogens with zero attached hydrogens (tertiary/aromatic N) is 5. The van der Waals surface area contributed by atoms with Gasteiger partial charge in [-0.2, -0.15) is 18.2 Å². The average molecular weight is 411 g/mol. The van der Waals surface area contributed by atoms with E-state index in [0.717, 1.165) is 6.07 Å². The fourth-order valence-electron chi connectivity index (χ4n) is 2.97. The SMILES string of the molecule is Cc1nc(-c2nnc(N3CCC(Oc4ccccc4C(F)(F)F)CC3)s2)no1. The minimum absolute atomic E-state index is 0.126. The maximum absolute atomic E-state index is 13.1. The maximum Gasteiger partial charge on any atom is 0.419 e. The van der Waals surface area contributed by atoms with Gasteiger partial charge in [0.05, 0.1) is 5.56 Å². The molecule has 0 N–H and O–H groups in total. The van der Waals surface area contributed by atoms with Crippen LogP contribution in [0.3, 0.4) is 0 Å². The van der Waals surface area contributed by atoms with E-state index in [0.29, 0.717) is 47.8 Å². The molecule has 148 valence electrons.